The molecular formula is C14H15NO6. The van der Waals surface area contributed by atoms with E-state index in [1.54, 1.807) is 6.92 Å². The van der Waals surface area contributed by atoms with E-state index >= 15 is 0 Å². The van der Waals surface area contributed by atoms with Crippen LogP contribution in [0.1, 0.15) is 45.7 Å². The van der Waals surface area contributed by atoms with Crippen LogP contribution < -0.4 is 5.73 Å². The molecule has 0 radical (unpaired) electrons. The highest BCUT2D eigenvalue weighted by Crippen LogP contribution is 2.32. The third-order valence-electron chi connectivity index (χ3n) is 2.84. The molecule has 0 spiro atoms. The molecule has 1 atom stereocenters. The van der Waals surface area contributed by atoms with Crippen LogP contribution >= 0.6 is 0 Å². The van der Waals surface area contributed by atoms with E-state index in [0.717, 1.165) is 6.08 Å². The molecule has 0 aromatic heterocycles. The number of rotatable bonds is 6. The number of nitrogen functional groups attached to an aromatic ring is 1. The molecule has 1 aromatic carbocycles. The molecule has 1 unspecified atom stereocenters. The molecule has 7 nitrogen and oxygen atoms in total. The van der Waals surface area contributed by atoms with Gasteiger partial charge in [0.1, 0.15) is 6.10 Å². The number of nitrogens with two attached hydrogens (primary N) is 1. The van der Waals surface area contributed by atoms with Gasteiger partial charge in [-0.25, -0.2) is 14.4 Å². The second-order valence-corrected chi connectivity index (χ2v) is 4.14. The van der Waals surface area contributed by atoms with Crippen molar-refractivity contribution < 1.29 is 29.3 Å². The molecule has 0 fully saturated rings. The number of ether oxygens (including phenoxy) is 1. The minimum atomic E-state index is -1.39. The first kappa shape index (κ1) is 16.2. The summed E-state index contributed by atoms with van der Waals surface area (Å²) in [6.45, 7) is 4.87. The largest absolute Gasteiger partial charge is 0.478 e. The van der Waals surface area contributed by atoms with E-state index < -0.39 is 24.0 Å². The first-order valence-corrected chi connectivity index (χ1v) is 6.05. The highest BCUT2D eigenvalue weighted by molar-refractivity contribution is 6.01. The summed E-state index contributed by atoms with van der Waals surface area (Å²) in [5.41, 5.74) is 4.73. The smallest absolute Gasteiger partial charge is 0.338 e. The molecule has 0 bridgehead atoms. The molecule has 1 rings (SSSR count). The maximum Gasteiger partial charge on any atom is 0.338 e. The molecule has 112 valence electrons. The third kappa shape index (κ3) is 3.38. The zero-order valence-electron chi connectivity index (χ0n) is 11.3. The Balaban J connectivity index is 3.57. The fraction of sp³-hybridized carbons (Fsp3) is 0.214. The topological polar surface area (TPSA) is 127 Å². The lowest BCUT2D eigenvalue weighted by Crippen LogP contribution is -2.19. The van der Waals surface area contributed by atoms with Gasteiger partial charge in [0, 0.05) is 17.3 Å². The molecule has 0 aliphatic heterocycles. The number of aromatic carboxylic acids is 2. The lowest BCUT2D eigenvalue weighted by molar-refractivity contribution is -0.143. The van der Waals surface area contributed by atoms with E-state index in [4.69, 9.17) is 10.5 Å². The first-order chi connectivity index (χ1) is 9.83. The predicted molar refractivity (Wildman–Crippen MR) is 74.1 cm³/mol. The van der Waals surface area contributed by atoms with Crippen LogP contribution in [0, 0.1) is 0 Å². The van der Waals surface area contributed by atoms with Gasteiger partial charge in [-0.1, -0.05) is 13.5 Å². The molecule has 0 aliphatic carbocycles. The van der Waals surface area contributed by atoms with Crippen molar-refractivity contribution in [2.45, 2.75) is 19.4 Å². The van der Waals surface area contributed by atoms with Gasteiger partial charge in [0.25, 0.3) is 0 Å². The average molecular weight is 293 g/mol. The van der Waals surface area contributed by atoms with Gasteiger partial charge in [0.05, 0.1) is 11.1 Å². The standard InChI is InChI=1S/C14H15NO6/c1-3-9(21-10(16)4-2)11-7(13(17)18)5-6-8(15)12(11)14(19)20/h4-6,9H,2-3,15H2,1H3,(H,17,18)(H,19,20). The van der Waals surface area contributed by atoms with E-state index in [-0.39, 0.29) is 28.8 Å². The molecule has 0 heterocycles. The number of carbonyl (C=O) groups is 3. The Labute approximate surface area is 120 Å². The molecule has 0 saturated heterocycles. The van der Waals surface area contributed by atoms with E-state index in [0.29, 0.717) is 0 Å². The molecule has 0 amide bonds. The number of carboxylic acid groups (broad SMARTS) is 2. The van der Waals surface area contributed by atoms with Crippen molar-refractivity contribution in [1.82, 2.24) is 0 Å². The summed E-state index contributed by atoms with van der Waals surface area (Å²) >= 11 is 0. The summed E-state index contributed by atoms with van der Waals surface area (Å²) in [7, 11) is 0. The van der Waals surface area contributed by atoms with Gasteiger partial charge < -0.3 is 20.7 Å². The highest BCUT2D eigenvalue weighted by Gasteiger charge is 2.28. The van der Waals surface area contributed by atoms with Crippen molar-refractivity contribution in [3.05, 3.63) is 41.5 Å². The van der Waals surface area contributed by atoms with E-state index in [1.807, 2.05) is 0 Å². The molecule has 7 heteroatoms. The van der Waals surface area contributed by atoms with Crippen molar-refractivity contribution in [1.29, 1.82) is 0 Å². The second kappa shape index (κ2) is 6.56. The maximum atomic E-state index is 11.4. The van der Waals surface area contributed by atoms with Gasteiger partial charge >= 0.3 is 17.9 Å². The lowest BCUT2D eigenvalue weighted by Gasteiger charge is -2.20. The fourth-order valence-electron chi connectivity index (χ4n) is 1.93. The molecule has 1 aromatic rings. The number of benzene rings is 1. The summed E-state index contributed by atoms with van der Waals surface area (Å²) in [5.74, 6) is -3.50. The van der Waals surface area contributed by atoms with Crippen molar-refractivity contribution in [3.63, 3.8) is 0 Å². The number of hydrogen-bond acceptors (Lipinski definition) is 5. The number of hydrogen-bond donors (Lipinski definition) is 3. The van der Waals surface area contributed by atoms with Crippen LogP contribution in [0.2, 0.25) is 0 Å². The summed E-state index contributed by atoms with van der Waals surface area (Å²) in [5, 5.41) is 18.5. The number of esters is 1. The molecule has 21 heavy (non-hydrogen) atoms. The maximum absolute atomic E-state index is 11.4. The minimum Gasteiger partial charge on any atom is -0.478 e. The van der Waals surface area contributed by atoms with Crippen LogP contribution in [0.4, 0.5) is 5.69 Å². The SMILES string of the molecule is C=CC(=O)OC(CC)c1c(C(=O)O)ccc(N)c1C(=O)O. The first-order valence-electron chi connectivity index (χ1n) is 6.05. The van der Waals surface area contributed by atoms with Crippen molar-refractivity contribution >= 4 is 23.6 Å². The summed E-state index contributed by atoms with van der Waals surface area (Å²) in [6.07, 6.45) is 0.0515. The summed E-state index contributed by atoms with van der Waals surface area (Å²) in [6, 6.07) is 2.38. The van der Waals surface area contributed by atoms with Crippen LogP contribution in [0.25, 0.3) is 0 Å². The Kier molecular flexibility index (Phi) is 5.06. The van der Waals surface area contributed by atoms with Gasteiger partial charge in [-0.15, -0.1) is 0 Å². The van der Waals surface area contributed by atoms with Crippen LogP contribution in [-0.4, -0.2) is 28.1 Å². The van der Waals surface area contributed by atoms with Gasteiger partial charge in [0.2, 0.25) is 0 Å². The Morgan fingerprint density at radius 2 is 1.95 bits per heavy atom. The lowest BCUT2D eigenvalue weighted by atomic mass is 9.93. The van der Waals surface area contributed by atoms with E-state index in [1.165, 1.54) is 12.1 Å². The number of carboxylic acids is 2. The van der Waals surface area contributed by atoms with Crippen LogP contribution in [0.3, 0.4) is 0 Å². The quantitative estimate of drug-likeness (QED) is 0.415. The fourth-order valence-corrected chi connectivity index (χ4v) is 1.93. The minimum absolute atomic E-state index is 0.101. The number of carbonyl (C=O) groups excluding carboxylic acids is 1. The van der Waals surface area contributed by atoms with E-state index in [9.17, 15) is 24.6 Å². The van der Waals surface area contributed by atoms with Crippen molar-refractivity contribution in [3.8, 4) is 0 Å². The van der Waals surface area contributed by atoms with Crippen molar-refractivity contribution in [2.75, 3.05) is 5.73 Å². The van der Waals surface area contributed by atoms with Gasteiger partial charge in [0.15, 0.2) is 0 Å². The van der Waals surface area contributed by atoms with E-state index in [2.05, 4.69) is 6.58 Å². The average Bonchev–Trinajstić information content (AvgIpc) is 2.43. The highest BCUT2D eigenvalue weighted by atomic mass is 16.5. The normalized spacial score (nSPS) is 11.5. The Morgan fingerprint density at radius 1 is 1.33 bits per heavy atom. The Morgan fingerprint density at radius 3 is 2.38 bits per heavy atom. The van der Waals surface area contributed by atoms with Gasteiger partial charge in [-0.2, -0.15) is 0 Å². The monoisotopic (exact) mass is 293 g/mol. The zero-order chi connectivity index (χ0) is 16.2. The summed E-state index contributed by atoms with van der Waals surface area (Å²) in [4.78, 5) is 34.0. The molecule has 0 aliphatic rings. The predicted octanol–water partition coefficient (Wildman–Crippen LogP) is 1.85. The van der Waals surface area contributed by atoms with Crippen LogP contribution in [-0.2, 0) is 9.53 Å². The molecule has 4 N–H and O–H groups in total. The van der Waals surface area contributed by atoms with Crippen LogP contribution in [0.15, 0.2) is 24.8 Å². The second-order valence-electron chi connectivity index (χ2n) is 4.14. The van der Waals surface area contributed by atoms with Crippen molar-refractivity contribution in [2.24, 2.45) is 0 Å². The van der Waals surface area contributed by atoms with Crippen LogP contribution in [0.5, 0.6) is 0 Å². The zero-order valence-corrected chi connectivity index (χ0v) is 11.3. The molecular weight excluding hydrogens is 278 g/mol. The van der Waals surface area contributed by atoms with Gasteiger partial charge in [-0.3, -0.25) is 0 Å². The molecule has 0 saturated carbocycles. The van der Waals surface area contributed by atoms with Gasteiger partial charge in [-0.05, 0) is 18.6 Å². The Hall–Kier alpha value is -2.83. The summed E-state index contributed by atoms with van der Waals surface area (Å²) < 4.78 is 5.03. The third-order valence-corrected chi connectivity index (χ3v) is 2.84. The number of anilines is 1. The Bertz CT molecular complexity index is 608.